The van der Waals surface area contributed by atoms with Crippen LogP contribution in [0.25, 0.3) is 0 Å². The Kier molecular flexibility index (Phi) is 6.52. The fourth-order valence-corrected chi connectivity index (χ4v) is 4.77. The van der Waals surface area contributed by atoms with E-state index in [1.54, 1.807) is 55.7 Å². The monoisotopic (exact) mass is 488 g/mol. The third-order valence-electron chi connectivity index (χ3n) is 6.45. The molecule has 2 fully saturated rings. The molecule has 3 aromatic rings. The van der Waals surface area contributed by atoms with E-state index >= 15 is 0 Å². The van der Waals surface area contributed by atoms with Crippen LogP contribution in [0.1, 0.15) is 24.9 Å². The zero-order chi connectivity index (χ0) is 25.2. The van der Waals surface area contributed by atoms with E-state index in [4.69, 9.17) is 19.0 Å². The lowest BCUT2D eigenvalue weighted by Gasteiger charge is -2.29. The minimum absolute atomic E-state index is 0.333. The molecule has 8 nitrogen and oxygen atoms in total. The van der Waals surface area contributed by atoms with Crippen LogP contribution < -0.4 is 24.2 Å². The Morgan fingerprint density at radius 1 is 0.833 bits per heavy atom. The predicted octanol–water partition coefficient (Wildman–Crippen LogP) is 4.54. The number of rotatable bonds is 8. The fourth-order valence-electron chi connectivity index (χ4n) is 4.77. The molecular weight excluding hydrogens is 460 g/mol. The first-order valence-electron chi connectivity index (χ1n) is 11.9. The van der Waals surface area contributed by atoms with Crippen LogP contribution >= 0.6 is 0 Å². The number of amides is 2. The number of methoxy groups -OCH3 is 2. The highest BCUT2D eigenvalue weighted by Crippen LogP contribution is 2.50. The standard InChI is InChI=1S/C28H28N2O6/c1-4-16-35-20-12-10-18(11-13-20)29-27(31)24-25(22-17-21(33-2)14-15-23(22)34-3)30(36-26(24)28(29)32)19-8-6-5-7-9-19/h5-15,17,24-26H,4,16H2,1-3H3/t24-,25-,26+/m0/s1. The van der Waals surface area contributed by atoms with Gasteiger partial charge in [-0.1, -0.05) is 25.1 Å². The van der Waals surface area contributed by atoms with Gasteiger partial charge in [0.15, 0.2) is 6.10 Å². The Morgan fingerprint density at radius 3 is 2.22 bits per heavy atom. The topological polar surface area (TPSA) is 77.5 Å². The van der Waals surface area contributed by atoms with Gasteiger partial charge in [0.25, 0.3) is 5.91 Å². The summed E-state index contributed by atoms with van der Waals surface area (Å²) in [7, 11) is 3.15. The van der Waals surface area contributed by atoms with Gasteiger partial charge in [0.1, 0.15) is 29.2 Å². The summed E-state index contributed by atoms with van der Waals surface area (Å²) in [6, 6.07) is 21.2. The molecule has 3 aromatic carbocycles. The van der Waals surface area contributed by atoms with Gasteiger partial charge in [-0.15, -0.1) is 0 Å². The van der Waals surface area contributed by atoms with Crippen molar-refractivity contribution >= 4 is 23.2 Å². The van der Waals surface area contributed by atoms with E-state index in [-0.39, 0.29) is 5.91 Å². The number of carbonyl (C=O) groups is 2. The quantitative estimate of drug-likeness (QED) is 0.431. The lowest BCUT2D eigenvalue weighted by molar-refractivity contribution is -0.126. The molecule has 2 heterocycles. The first-order chi connectivity index (χ1) is 17.6. The molecule has 0 spiro atoms. The Labute approximate surface area is 209 Å². The molecule has 8 heteroatoms. The Hall–Kier alpha value is -4.04. The molecule has 2 aliphatic heterocycles. The average molecular weight is 489 g/mol. The van der Waals surface area contributed by atoms with E-state index in [0.29, 0.717) is 35.1 Å². The van der Waals surface area contributed by atoms with Gasteiger partial charge in [0.2, 0.25) is 5.91 Å². The molecule has 0 aliphatic carbocycles. The number of carbonyl (C=O) groups excluding carboxylic acids is 2. The summed E-state index contributed by atoms with van der Waals surface area (Å²) in [6.07, 6.45) is -0.0897. The zero-order valence-electron chi connectivity index (χ0n) is 20.4. The maximum Gasteiger partial charge on any atom is 0.266 e. The third-order valence-corrected chi connectivity index (χ3v) is 6.45. The van der Waals surface area contributed by atoms with Crippen LogP contribution in [0.4, 0.5) is 11.4 Å². The van der Waals surface area contributed by atoms with E-state index in [1.165, 1.54) is 4.90 Å². The summed E-state index contributed by atoms with van der Waals surface area (Å²) in [5, 5.41) is 1.64. The number of anilines is 2. The van der Waals surface area contributed by atoms with E-state index in [0.717, 1.165) is 12.1 Å². The zero-order valence-corrected chi connectivity index (χ0v) is 20.4. The maximum absolute atomic E-state index is 13.9. The normalized spacial score (nSPS) is 21.0. The molecule has 3 atom stereocenters. The predicted molar refractivity (Wildman–Crippen MR) is 134 cm³/mol. The number of hydrogen-bond donors (Lipinski definition) is 0. The molecule has 2 amide bonds. The van der Waals surface area contributed by atoms with Gasteiger partial charge in [0, 0.05) is 5.56 Å². The van der Waals surface area contributed by atoms with Gasteiger partial charge in [-0.05, 0) is 61.0 Å². The molecule has 0 saturated carbocycles. The van der Waals surface area contributed by atoms with Crippen molar-refractivity contribution < 1.29 is 28.6 Å². The largest absolute Gasteiger partial charge is 0.497 e. The van der Waals surface area contributed by atoms with Crippen molar-refractivity contribution in [3.63, 3.8) is 0 Å². The smallest absolute Gasteiger partial charge is 0.266 e. The minimum Gasteiger partial charge on any atom is -0.497 e. The fraction of sp³-hybridized carbons (Fsp3) is 0.286. The summed E-state index contributed by atoms with van der Waals surface area (Å²) in [5.74, 6) is 0.346. The molecule has 186 valence electrons. The van der Waals surface area contributed by atoms with Crippen molar-refractivity contribution in [2.24, 2.45) is 5.92 Å². The van der Waals surface area contributed by atoms with E-state index in [1.807, 2.05) is 43.3 Å². The SMILES string of the molecule is CCCOc1ccc(N2C(=O)[C@@H]3[C@@H](ON(c4ccccc4)[C@H]3c3cc(OC)ccc3OC)C2=O)cc1. The number of benzene rings is 3. The van der Waals surface area contributed by atoms with Crippen LogP contribution in [0.3, 0.4) is 0 Å². The number of fused-ring (bicyclic) bond motifs is 1. The highest BCUT2D eigenvalue weighted by molar-refractivity contribution is 6.24. The molecule has 0 aromatic heterocycles. The number of ether oxygens (including phenoxy) is 3. The molecule has 0 bridgehead atoms. The Morgan fingerprint density at radius 2 is 1.56 bits per heavy atom. The summed E-state index contributed by atoms with van der Waals surface area (Å²) in [4.78, 5) is 34.8. The maximum atomic E-state index is 13.9. The van der Waals surface area contributed by atoms with E-state index in [2.05, 4.69) is 0 Å². The number of para-hydroxylation sites is 1. The van der Waals surface area contributed by atoms with Crippen LogP contribution in [-0.2, 0) is 14.4 Å². The van der Waals surface area contributed by atoms with Crippen LogP contribution in [0, 0.1) is 5.92 Å². The van der Waals surface area contributed by atoms with Crippen LogP contribution in [-0.4, -0.2) is 38.7 Å². The molecule has 2 aliphatic rings. The molecule has 5 rings (SSSR count). The van der Waals surface area contributed by atoms with Crippen molar-refractivity contribution in [1.82, 2.24) is 0 Å². The van der Waals surface area contributed by atoms with Gasteiger partial charge in [-0.2, -0.15) is 0 Å². The van der Waals surface area contributed by atoms with Crippen molar-refractivity contribution in [2.45, 2.75) is 25.5 Å². The molecule has 36 heavy (non-hydrogen) atoms. The van der Waals surface area contributed by atoms with Gasteiger partial charge < -0.3 is 14.2 Å². The van der Waals surface area contributed by atoms with Crippen LogP contribution in [0.5, 0.6) is 17.2 Å². The van der Waals surface area contributed by atoms with Crippen LogP contribution in [0.15, 0.2) is 72.8 Å². The van der Waals surface area contributed by atoms with Crippen molar-refractivity contribution in [3.8, 4) is 17.2 Å². The second-order valence-corrected chi connectivity index (χ2v) is 8.62. The highest BCUT2D eigenvalue weighted by atomic mass is 16.7. The lowest BCUT2D eigenvalue weighted by Crippen LogP contribution is -2.37. The number of imide groups is 1. The summed E-state index contributed by atoms with van der Waals surface area (Å²) in [6.45, 7) is 2.62. The number of hydrogen-bond acceptors (Lipinski definition) is 7. The number of hydroxylamine groups is 1. The molecule has 0 radical (unpaired) electrons. The van der Waals surface area contributed by atoms with Crippen molar-refractivity contribution in [1.29, 1.82) is 0 Å². The molecular formula is C28H28N2O6. The molecule has 0 N–H and O–H groups in total. The Balaban J connectivity index is 1.55. The first kappa shape index (κ1) is 23.7. The molecule has 2 saturated heterocycles. The van der Waals surface area contributed by atoms with Crippen molar-refractivity contribution in [3.05, 3.63) is 78.4 Å². The van der Waals surface area contributed by atoms with Gasteiger partial charge in [0.05, 0.1) is 32.2 Å². The molecule has 0 unspecified atom stereocenters. The van der Waals surface area contributed by atoms with Crippen molar-refractivity contribution in [2.75, 3.05) is 30.8 Å². The van der Waals surface area contributed by atoms with Crippen LogP contribution in [0.2, 0.25) is 0 Å². The second-order valence-electron chi connectivity index (χ2n) is 8.62. The van der Waals surface area contributed by atoms with Gasteiger partial charge >= 0.3 is 0 Å². The summed E-state index contributed by atoms with van der Waals surface area (Å²) < 4.78 is 16.7. The van der Waals surface area contributed by atoms with Gasteiger partial charge in [-0.3, -0.25) is 14.4 Å². The number of nitrogens with zero attached hydrogens (tertiary/aromatic N) is 2. The Bertz CT molecular complexity index is 1250. The first-order valence-corrected chi connectivity index (χ1v) is 11.9. The second kappa shape index (κ2) is 9.91. The lowest BCUT2D eigenvalue weighted by atomic mass is 9.89. The highest BCUT2D eigenvalue weighted by Gasteiger charge is 2.60. The summed E-state index contributed by atoms with van der Waals surface area (Å²) in [5.41, 5.74) is 1.90. The van der Waals surface area contributed by atoms with E-state index in [9.17, 15) is 9.59 Å². The average Bonchev–Trinajstić information content (AvgIpc) is 3.43. The van der Waals surface area contributed by atoms with E-state index < -0.39 is 24.0 Å². The third kappa shape index (κ3) is 4.03. The minimum atomic E-state index is -0.977. The summed E-state index contributed by atoms with van der Waals surface area (Å²) >= 11 is 0. The van der Waals surface area contributed by atoms with Gasteiger partial charge in [-0.25, -0.2) is 9.96 Å².